The van der Waals surface area contributed by atoms with Gasteiger partial charge in [0.15, 0.2) is 5.82 Å². The molecule has 2 N–H and O–H groups in total. The summed E-state index contributed by atoms with van der Waals surface area (Å²) in [5.74, 6) is 1.65. The van der Waals surface area contributed by atoms with Gasteiger partial charge in [0.2, 0.25) is 0 Å². The number of pyridine rings is 1. The molecule has 0 aliphatic heterocycles. The Labute approximate surface area is 104 Å². The third-order valence-corrected chi connectivity index (χ3v) is 2.93. The zero-order chi connectivity index (χ0) is 12.5. The number of nitrogens with one attached hydrogen (secondary N) is 2. The molecule has 6 heteroatoms. The molecule has 0 spiro atoms. The van der Waals surface area contributed by atoms with E-state index >= 15 is 0 Å². The largest absolute Gasteiger partial charge is 0.359 e. The highest BCUT2D eigenvalue weighted by atomic mass is 15.1. The van der Waals surface area contributed by atoms with Gasteiger partial charge in [-0.2, -0.15) is 0 Å². The van der Waals surface area contributed by atoms with E-state index in [1.54, 1.807) is 18.7 Å². The fourth-order valence-electron chi connectivity index (χ4n) is 1.96. The molecule has 3 aromatic rings. The Balaban J connectivity index is 1.95. The lowest BCUT2D eigenvalue weighted by Gasteiger charge is -2.12. The van der Waals surface area contributed by atoms with Gasteiger partial charge in [0.05, 0.1) is 17.9 Å². The van der Waals surface area contributed by atoms with E-state index in [9.17, 15) is 0 Å². The minimum absolute atomic E-state index is 0.0557. The quantitative estimate of drug-likeness (QED) is 0.735. The summed E-state index contributed by atoms with van der Waals surface area (Å²) >= 11 is 0. The second-order valence-electron chi connectivity index (χ2n) is 4.22. The number of anilines is 1. The fourth-order valence-corrected chi connectivity index (χ4v) is 1.96. The number of H-pyrrole nitrogens is 1. The smallest absolute Gasteiger partial charge is 0.154 e. The maximum absolute atomic E-state index is 4.36. The van der Waals surface area contributed by atoms with Crippen molar-refractivity contribution in [2.75, 3.05) is 5.32 Å². The Hall–Kier alpha value is -2.37. The monoisotopic (exact) mass is 242 g/mol. The van der Waals surface area contributed by atoms with Crippen LogP contribution in [-0.2, 0) is 7.05 Å². The van der Waals surface area contributed by atoms with Gasteiger partial charge in [-0.3, -0.25) is 0 Å². The highest BCUT2D eigenvalue weighted by Gasteiger charge is 2.12. The van der Waals surface area contributed by atoms with Crippen molar-refractivity contribution in [3.63, 3.8) is 0 Å². The third kappa shape index (κ3) is 1.71. The number of hydrogen-bond donors (Lipinski definition) is 2. The Morgan fingerprint density at radius 1 is 1.28 bits per heavy atom. The number of nitrogens with zero attached hydrogens (tertiary/aromatic N) is 4. The second kappa shape index (κ2) is 4.14. The van der Waals surface area contributed by atoms with Gasteiger partial charge in [0.25, 0.3) is 0 Å². The van der Waals surface area contributed by atoms with Crippen LogP contribution >= 0.6 is 0 Å². The van der Waals surface area contributed by atoms with Crippen molar-refractivity contribution in [1.29, 1.82) is 0 Å². The average Bonchev–Trinajstić information content (AvgIpc) is 3.00. The first-order chi connectivity index (χ1) is 8.75. The predicted octanol–water partition coefficient (Wildman–Crippen LogP) is 1.86. The molecule has 18 heavy (non-hydrogen) atoms. The van der Waals surface area contributed by atoms with Crippen LogP contribution in [0.3, 0.4) is 0 Å². The second-order valence-corrected chi connectivity index (χ2v) is 4.22. The molecule has 1 unspecified atom stereocenters. The minimum Gasteiger partial charge on any atom is -0.359 e. The van der Waals surface area contributed by atoms with Crippen molar-refractivity contribution in [3.05, 3.63) is 36.8 Å². The van der Waals surface area contributed by atoms with E-state index in [0.717, 1.165) is 22.7 Å². The summed E-state index contributed by atoms with van der Waals surface area (Å²) in [6.45, 7) is 2.03. The molecule has 6 nitrogen and oxygen atoms in total. The van der Waals surface area contributed by atoms with Crippen molar-refractivity contribution in [2.24, 2.45) is 7.05 Å². The summed E-state index contributed by atoms with van der Waals surface area (Å²) in [7, 11) is 1.97. The maximum atomic E-state index is 4.36. The zero-order valence-electron chi connectivity index (χ0n) is 10.3. The molecule has 1 atom stereocenters. The summed E-state index contributed by atoms with van der Waals surface area (Å²) in [6.07, 6.45) is 7.11. The molecule has 0 aliphatic carbocycles. The van der Waals surface area contributed by atoms with Gasteiger partial charge < -0.3 is 14.9 Å². The molecule has 0 radical (unpaired) electrons. The van der Waals surface area contributed by atoms with Gasteiger partial charge in [-0.1, -0.05) is 0 Å². The van der Waals surface area contributed by atoms with E-state index < -0.39 is 0 Å². The number of aromatic amines is 1. The molecule has 0 fully saturated rings. The lowest BCUT2D eigenvalue weighted by atomic mass is 10.3. The molecule has 0 aromatic carbocycles. The first-order valence-electron chi connectivity index (χ1n) is 5.77. The van der Waals surface area contributed by atoms with Crippen LogP contribution in [-0.4, -0.2) is 24.5 Å². The van der Waals surface area contributed by atoms with E-state index in [0.29, 0.717) is 0 Å². The van der Waals surface area contributed by atoms with Gasteiger partial charge in [-0.05, 0) is 13.0 Å². The van der Waals surface area contributed by atoms with E-state index in [1.165, 1.54) is 0 Å². The predicted molar refractivity (Wildman–Crippen MR) is 69.1 cm³/mol. The highest BCUT2D eigenvalue weighted by Crippen LogP contribution is 2.22. The van der Waals surface area contributed by atoms with Crippen LogP contribution in [0, 0.1) is 0 Å². The number of rotatable bonds is 3. The van der Waals surface area contributed by atoms with Crippen molar-refractivity contribution >= 4 is 16.9 Å². The molecule has 3 heterocycles. The summed E-state index contributed by atoms with van der Waals surface area (Å²) in [6, 6.07) is 2.01. The molecule has 3 aromatic heterocycles. The third-order valence-electron chi connectivity index (χ3n) is 2.93. The van der Waals surface area contributed by atoms with E-state index in [1.807, 2.05) is 30.8 Å². The summed E-state index contributed by atoms with van der Waals surface area (Å²) < 4.78 is 1.97. The molecule has 0 aliphatic rings. The van der Waals surface area contributed by atoms with E-state index in [-0.39, 0.29) is 6.04 Å². The first kappa shape index (κ1) is 10.8. The minimum atomic E-state index is 0.0557. The van der Waals surface area contributed by atoms with Crippen LogP contribution in [0.1, 0.15) is 18.8 Å². The van der Waals surface area contributed by atoms with Gasteiger partial charge >= 0.3 is 0 Å². The highest BCUT2D eigenvalue weighted by molar-refractivity contribution is 5.85. The van der Waals surface area contributed by atoms with Gasteiger partial charge in [0, 0.05) is 25.6 Å². The van der Waals surface area contributed by atoms with E-state index in [2.05, 4.69) is 25.3 Å². The summed E-state index contributed by atoms with van der Waals surface area (Å²) in [5.41, 5.74) is 1.93. The Bertz CT molecular complexity index is 654. The number of aromatic nitrogens is 5. The molecular weight excluding hydrogens is 228 g/mol. The van der Waals surface area contributed by atoms with Gasteiger partial charge in [0.1, 0.15) is 11.3 Å². The lowest BCUT2D eigenvalue weighted by molar-refractivity contribution is 0.805. The van der Waals surface area contributed by atoms with E-state index in [4.69, 9.17) is 0 Å². The number of fused-ring (bicyclic) bond motifs is 1. The summed E-state index contributed by atoms with van der Waals surface area (Å²) in [4.78, 5) is 16.0. The standard InChI is InChI=1S/C12H14N6/c1-8(11-14-5-6-15-11)17-12-10-9(3-4-13-12)18(2)7-16-10/h3-8H,1-2H3,(H,13,17)(H,14,15). The Morgan fingerprint density at radius 2 is 2.17 bits per heavy atom. The van der Waals surface area contributed by atoms with Crippen LogP contribution < -0.4 is 5.32 Å². The topological polar surface area (TPSA) is 71.4 Å². The SMILES string of the molecule is CC(Nc1nccc2c1ncn2C)c1ncc[nH]1. The van der Waals surface area contributed by atoms with Crippen molar-refractivity contribution in [2.45, 2.75) is 13.0 Å². The first-order valence-corrected chi connectivity index (χ1v) is 5.77. The summed E-state index contributed by atoms with van der Waals surface area (Å²) in [5, 5.41) is 3.32. The number of imidazole rings is 2. The number of aryl methyl sites for hydroxylation is 1. The van der Waals surface area contributed by atoms with Crippen molar-refractivity contribution in [3.8, 4) is 0 Å². The van der Waals surface area contributed by atoms with Crippen molar-refractivity contribution < 1.29 is 0 Å². The van der Waals surface area contributed by atoms with Crippen molar-refractivity contribution in [1.82, 2.24) is 24.5 Å². The van der Waals surface area contributed by atoms with Crippen LogP contribution in [0.5, 0.6) is 0 Å². The van der Waals surface area contributed by atoms with Crippen LogP contribution in [0.2, 0.25) is 0 Å². The Morgan fingerprint density at radius 3 is 2.94 bits per heavy atom. The molecule has 0 bridgehead atoms. The molecule has 0 saturated carbocycles. The van der Waals surface area contributed by atoms with Crippen LogP contribution in [0.4, 0.5) is 5.82 Å². The van der Waals surface area contributed by atoms with Gasteiger partial charge in [-0.15, -0.1) is 0 Å². The number of hydrogen-bond acceptors (Lipinski definition) is 4. The van der Waals surface area contributed by atoms with Crippen LogP contribution in [0.15, 0.2) is 31.0 Å². The fraction of sp³-hybridized carbons (Fsp3) is 0.250. The Kier molecular flexibility index (Phi) is 2.47. The van der Waals surface area contributed by atoms with Gasteiger partial charge in [-0.25, -0.2) is 15.0 Å². The normalized spacial score (nSPS) is 12.8. The molecule has 0 saturated heterocycles. The maximum Gasteiger partial charge on any atom is 0.154 e. The molecule has 3 rings (SSSR count). The molecular formula is C12H14N6. The average molecular weight is 242 g/mol. The zero-order valence-corrected chi connectivity index (χ0v) is 10.3. The van der Waals surface area contributed by atoms with Crippen LogP contribution in [0.25, 0.3) is 11.0 Å². The molecule has 92 valence electrons. The lowest BCUT2D eigenvalue weighted by Crippen LogP contribution is -2.09. The molecule has 0 amide bonds.